The van der Waals surface area contributed by atoms with E-state index in [-0.39, 0.29) is 24.3 Å². The molecule has 29 heavy (non-hydrogen) atoms. The van der Waals surface area contributed by atoms with Crippen molar-refractivity contribution >= 4 is 12.0 Å². The quantitative estimate of drug-likeness (QED) is 0.607. The fourth-order valence-electron chi connectivity index (χ4n) is 3.61. The van der Waals surface area contributed by atoms with E-state index < -0.39 is 17.7 Å². The third-order valence-corrected chi connectivity index (χ3v) is 4.97. The first-order chi connectivity index (χ1) is 13.7. The Bertz CT molecular complexity index is 716. The lowest BCUT2D eigenvalue weighted by Gasteiger charge is -2.31. The van der Waals surface area contributed by atoms with Crippen molar-refractivity contribution in [1.29, 1.82) is 0 Å². The highest BCUT2D eigenvalue weighted by atomic mass is 16.6. The van der Waals surface area contributed by atoms with Crippen LogP contribution in [0.3, 0.4) is 0 Å². The number of alkyl carbamates (subject to hydrolysis) is 1. The van der Waals surface area contributed by atoms with Crippen molar-refractivity contribution in [2.45, 2.75) is 45.3 Å². The minimum Gasteiger partial charge on any atom is -0.497 e. The number of carbonyl (C=O) groups is 2. The van der Waals surface area contributed by atoms with Crippen molar-refractivity contribution in [1.82, 2.24) is 10.6 Å². The lowest BCUT2D eigenvalue weighted by molar-refractivity contribution is -0.124. The van der Waals surface area contributed by atoms with Gasteiger partial charge in [0, 0.05) is 18.5 Å². The number of aliphatic hydroxyl groups is 1. The van der Waals surface area contributed by atoms with E-state index in [9.17, 15) is 14.7 Å². The van der Waals surface area contributed by atoms with Crippen molar-refractivity contribution < 1.29 is 28.9 Å². The van der Waals surface area contributed by atoms with Gasteiger partial charge in [-0.2, -0.15) is 0 Å². The lowest BCUT2D eigenvalue weighted by atomic mass is 9.80. The van der Waals surface area contributed by atoms with Crippen LogP contribution in [-0.2, 0) is 16.0 Å². The van der Waals surface area contributed by atoms with Gasteiger partial charge < -0.3 is 30.0 Å². The topological polar surface area (TPSA) is 106 Å². The summed E-state index contributed by atoms with van der Waals surface area (Å²) in [6.07, 6.45) is 0.447. The first-order valence-electron chi connectivity index (χ1n) is 9.77. The zero-order chi connectivity index (χ0) is 21.6. The standard InChI is InChI=1S/C21H32N2O6/c1-21(2,3)29-20(26)23-17(12-24)16(15-8-9-22-19(15)25)10-13-6-7-14(27-4)11-18(13)28-5/h6-7,11,15-17,24H,8-10,12H2,1-5H3,(H,22,25)(H,23,26)/t15-,16?,17?/m1/s1. The number of amides is 2. The minimum atomic E-state index is -0.663. The average Bonchev–Trinajstić information content (AvgIpc) is 3.08. The molecule has 0 saturated carbocycles. The monoisotopic (exact) mass is 408 g/mol. The van der Waals surface area contributed by atoms with Crippen molar-refractivity contribution in [2.75, 3.05) is 27.4 Å². The minimum absolute atomic E-state index is 0.0769. The second-order valence-electron chi connectivity index (χ2n) is 8.17. The summed E-state index contributed by atoms with van der Waals surface area (Å²) in [5, 5.41) is 15.6. The predicted molar refractivity (Wildman–Crippen MR) is 108 cm³/mol. The molecule has 0 radical (unpaired) electrons. The third kappa shape index (κ3) is 6.25. The molecule has 1 fully saturated rings. The number of carbonyl (C=O) groups excluding carboxylic acids is 2. The van der Waals surface area contributed by atoms with Gasteiger partial charge in [-0.15, -0.1) is 0 Å². The van der Waals surface area contributed by atoms with E-state index in [1.54, 1.807) is 41.1 Å². The summed E-state index contributed by atoms with van der Waals surface area (Å²) in [5.41, 5.74) is 0.200. The van der Waals surface area contributed by atoms with Gasteiger partial charge in [0.25, 0.3) is 0 Å². The predicted octanol–water partition coefficient (Wildman–Crippen LogP) is 1.88. The molecule has 0 aromatic heterocycles. The molecule has 2 unspecified atom stereocenters. The van der Waals surface area contributed by atoms with Crippen LogP contribution < -0.4 is 20.1 Å². The van der Waals surface area contributed by atoms with Crippen molar-refractivity contribution in [3.05, 3.63) is 23.8 Å². The average molecular weight is 408 g/mol. The first kappa shape index (κ1) is 22.8. The summed E-state index contributed by atoms with van der Waals surface area (Å²) >= 11 is 0. The fourth-order valence-corrected chi connectivity index (χ4v) is 3.61. The Morgan fingerprint density at radius 2 is 2.03 bits per heavy atom. The van der Waals surface area contributed by atoms with Crippen molar-refractivity contribution in [2.24, 2.45) is 11.8 Å². The van der Waals surface area contributed by atoms with E-state index in [1.165, 1.54) is 0 Å². The van der Waals surface area contributed by atoms with Gasteiger partial charge in [-0.1, -0.05) is 6.07 Å². The molecule has 3 atom stereocenters. The molecular weight excluding hydrogens is 376 g/mol. The number of benzene rings is 1. The molecule has 2 amide bonds. The van der Waals surface area contributed by atoms with Crippen LogP contribution in [-0.4, -0.2) is 56.1 Å². The molecule has 0 spiro atoms. The van der Waals surface area contributed by atoms with Gasteiger partial charge in [-0.25, -0.2) is 4.79 Å². The number of nitrogens with one attached hydrogen (secondary N) is 2. The molecule has 3 N–H and O–H groups in total. The Morgan fingerprint density at radius 3 is 2.55 bits per heavy atom. The van der Waals surface area contributed by atoms with E-state index in [2.05, 4.69) is 10.6 Å². The first-order valence-corrected chi connectivity index (χ1v) is 9.77. The molecule has 1 saturated heterocycles. The van der Waals surface area contributed by atoms with Gasteiger partial charge in [0.1, 0.15) is 17.1 Å². The Labute approximate surface area is 171 Å². The van der Waals surface area contributed by atoms with Crippen molar-refractivity contribution in [3.63, 3.8) is 0 Å². The second kappa shape index (κ2) is 9.82. The zero-order valence-electron chi connectivity index (χ0n) is 17.8. The Morgan fingerprint density at radius 1 is 1.31 bits per heavy atom. The van der Waals surface area contributed by atoms with Crippen LogP contribution in [0.5, 0.6) is 11.5 Å². The highest BCUT2D eigenvalue weighted by Gasteiger charge is 2.38. The summed E-state index contributed by atoms with van der Waals surface area (Å²) in [6, 6.07) is 4.82. The van der Waals surface area contributed by atoms with E-state index in [0.29, 0.717) is 30.9 Å². The van der Waals surface area contributed by atoms with E-state index in [0.717, 1.165) is 5.56 Å². The maximum Gasteiger partial charge on any atom is 0.407 e. The number of methoxy groups -OCH3 is 2. The molecule has 1 aliphatic rings. The summed E-state index contributed by atoms with van der Waals surface area (Å²) < 4.78 is 16.1. The highest BCUT2D eigenvalue weighted by molar-refractivity contribution is 5.81. The molecule has 162 valence electrons. The smallest absolute Gasteiger partial charge is 0.407 e. The summed E-state index contributed by atoms with van der Waals surface area (Å²) in [7, 11) is 3.14. The van der Waals surface area contributed by atoms with Gasteiger partial charge in [0.15, 0.2) is 0 Å². The maximum absolute atomic E-state index is 12.4. The molecule has 1 aromatic carbocycles. The van der Waals surface area contributed by atoms with Gasteiger partial charge in [-0.3, -0.25) is 4.79 Å². The Hall–Kier alpha value is -2.48. The second-order valence-corrected chi connectivity index (χ2v) is 8.17. The molecule has 8 heteroatoms. The molecule has 0 aliphatic carbocycles. The molecular formula is C21H32N2O6. The molecule has 0 bridgehead atoms. The van der Waals surface area contributed by atoms with E-state index in [1.807, 2.05) is 12.1 Å². The normalized spacial score (nSPS) is 18.6. The SMILES string of the molecule is COc1ccc(CC(C(CO)NC(=O)OC(C)(C)C)[C@H]2CCNC2=O)c(OC)c1. The van der Waals surface area contributed by atoms with Gasteiger partial charge in [-0.05, 0) is 51.2 Å². The number of rotatable bonds is 8. The van der Waals surface area contributed by atoms with Crippen LogP contribution in [0.1, 0.15) is 32.8 Å². The molecule has 1 aromatic rings. The van der Waals surface area contributed by atoms with Crippen LogP contribution in [0.2, 0.25) is 0 Å². The van der Waals surface area contributed by atoms with E-state index in [4.69, 9.17) is 14.2 Å². The largest absolute Gasteiger partial charge is 0.497 e. The molecule has 2 rings (SSSR count). The van der Waals surface area contributed by atoms with Crippen LogP contribution in [0.4, 0.5) is 4.79 Å². The number of hydrogen-bond donors (Lipinski definition) is 3. The van der Waals surface area contributed by atoms with Gasteiger partial charge >= 0.3 is 6.09 Å². The van der Waals surface area contributed by atoms with Crippen molar-refractivity contribution in [3.8, 4) is 11.5 Å². The van der Waals surface area contributed by atoms with E-state index >= 15 is 0 Å². The zero-order valence-corrected chi connectivity index (χ0v) is 17.8. The fraction of sp³-hybridized carbons (Fsp3) is 0.619. The van der Waals surface area contributed by atoms with Crippen LogP contribution in [0, 0.1) is 11.8 Å². The third-order valence-electron chi connectivity index (χ3n) is 4.97. The summed E-state index contributed by atoms with van der Waals surface area (Å²) in [5.74, 6) is 0.534. The highest BCUT2D eigenvalue weighted by Crippen LogP contribution is 2.32. The van der Waals surface area contributed by atoms with Gasteiger partial charge in [0.05, 0.1) is 26.9 Å². The lowest BCUT2D eigenvalue weighted by Crippen LogP contribution is -2.49. The number of ether oxygens (including phenoxy) is 3. The summed E-state index contributed by atoms with van der Waals surface area (Å²) in [6.45, 7) is 5.57. The summed E-state index contributed by atoms with van der Waals surface area (Å²) in [4.78, 5) is 24.7. The van der Waals surface area contributed by atoms with Crippen LogP contribution in [0.25, 0.3) is 0 Å². The molecule has 8 nitrogen and oxygen atoms in total. The van der Waals surface area contributed by atoms with Crippen LogP contribution >= 0.6 is 0 Å². The number of hydrogen-bond acceptors (Lipinski definition) is 6. The Kier molecular flexibility index (Phi) is 7.73. The van der Waals surface area contributed by atoms with Crippen LogP contribution in [0.15, 0.2) is 18.2 Å². The molecule has 1 aliphatic heterocycles. The Balaban J connectivity index is 2.29. The molecule has 1 heterocycles. The van der Waals surface area contributed by atoms with Gasteiger partial charge in [0.2, 0.25) is 5.91 Å². The number of aliphatic hydroxyl groups excluding tert-OH is 1. The maximum atomic E-state index is 12.4.